The minimum atomic E-state index is -0.718. The molecular formula is C15H32N2O2. The maximum absolute atomic E-state index is 11.1. The highest BCUT2D eigenvalue weighted by atomic mass is 16.4. The second-order valence-corrected chi connectivity index (χ2v) is 5.27. The lowest BCUT2D eigenvalue weighted by atomic mass is 10.1. The van der Waals surface area contributed by atoms with Crippen LogP contribution < -0.4 is 5.32 Å². The SMILES string of the molecule is CCCCC(NC(C)CCCN(CC)CC)C(=O)O. The van der Waals surface area contributed by atoms with Gasteiger partial charge < -0.3 is 15.3 Å². The molecule has 0 aromatic heterocycles. The predicted molar refractivity (Wildman–Crippen MR) is 80.6 cm³/mol. The minimum Gasteiger partial charge on any atom is -0.480 e. The van der Waals surface area contributed by atoms with E-state index in [1.165, 1.54) is 0 Å². The Morgan fingerprint density at radius 1 is 1.16 bits per heavy atom. The van der Waals surface area contributed by atoms with Crippen LogP contribution in [0.5, 0.6) is 0 Å². The fourth-order valence-corrected chi connectivity index (χ4v) is 2.27. The zero-order valence-corrected chi connectivity index (χ0v) is 13.1. The molecule has 0 bridgehead atoms. The van der Waals surface area contributed by atoms with Crippen molar-refractivity contribution in [3.8, 4) is 0 Å². The van der Waals surface area contributed by atoms with E-state index in [1.54, 1.807) is 0 Å². The normalized spacial score (nSPS) is 14.6. The second kappa shape index (κ2) is 11.2. The van der Waals surface area contributed by atoms with Crippen molar-refractivity contribution in [1.82, 2.24) is 10.2 Å². The molecule has 0 spiro atoms. The first-order chi connectivity index (χ1) is 9.04. The smallest absolute Gasteiger partial charge is 0.320 e. The van der Waals surface area contributed by atoms with E-state index in [2.05, 4.69) is 37.9 Å². The number of hydrogen-bond acceptors (Lipinski definition) is 3. The molecule has 4 heteroatoms. The van der Waals surface area contributed by atoms with Crippen LogP contribution in [-0.4, -0.2) is 47.7 Å². The molecule has 0 aromatic rings. The van der Waals surface area contributed by atoms with Crippen molar-refractivity contribution in [3.05, 3.63) is 0 Å². The molecule has 0 heterocycles. The lowest BCUT2D eigenvalue weighted by molar-refractivity contribution is -0.139. The van der Waals surface area contributed by atoms with E-state index in [1.807, 2.05) is 0 Å². The molecule has 2 atom stereocenters. The van der Waals surface area contributed by atoms with Crippen molar-refractivity contribution in [3.63, 3.8) is 0 Å². The number of nitrogens with one attached hydrogen (secondary N) is 1. The van der Waals surface area contributed by atoms with Crippen molar-refractivity contribution < 1.29 is 9.90 Å². The molecule has 0 aliphatic carbocycles. The Kier molecular flexibility index (Phi) is 10.9. The van der Waals surface area contributed by atoms with Crippen molar-refractivity contribution >= 4 is 5.97 Å². The highest BCUT2D eigenvalue weighted by molar-refractivity contribution is 5.73. The van der Waals surface area contributed by atoms with E-state index >= 15 is 0 Å². The van der Waals surface area contributed by atoms with Gasteiger partial charge in [0.2, 0.25) is 0 Å². The fraction of sp³-hybridized carbons (Fsp3) is 0.933. The molecule has 19 heavy (non-hydrogen) atoms. The summed E-state index contributed by atoms with van der Waals surface area (Å²) in [5.74, 6) is -0.718. The van der Waals surface area contributed by atoms with E-state index in [0.29, 0.717) is 0 Å². The van der Waals surface area contributed by atoms with Gasteiger partial charge >= 0.3 is 5.97 Å². The van der Waals surface area contributed by atoms with Crippen LogP contribution in [0.15, 0.2) is 0 Å². The van der Waals surface area contributed by atoms with Crippen molar-refractivity contribution in [2.45, 2.75) is 71.9 Å². The molecule has 4 nitrogen and oxygen atoms in total. The van der Waals surface area contributed by atoms with Gasteiger partial charge in [0.05, 0.1) is 0 Å². The topological polar surface area (TPSA) is 52.6 Å². The Labute approximate surface area is 118 Å². The summed E-state index contributed by atoms with van der Waals surface area (Å²) in [6.07, 6.45) is 4.90. The predicted octanol–water partition coefficient (Wildman–Crippen LogP) is 2.73. The number of hydrogen-bond donors (Lipinski definition) is 2. The van der Waals surface area contributed by atoms with Crippen LogP contribution in [0.2, 0.25) is 0 Å². The average molecular weight is 272 g/mol. The Bertz CT molecular complexity index is 230. The van der Waals surface area contributed by atoms with Crippen LogP contribution in [0.25, 0.3) is 0 Å². The van der Waals surface area contributed by atoms with Gasteiger partial charge in [-0.25, -0.2) is 0 Å². The van der Waals surface area contributed by atoms with Gasteiger partial charge in [0, 0.05) is 6.04 Å². The van der Waals surface area contributed by atoms with Crippen LogP contribution in [-0.2, 0) is 4.79 Å². The number of carboxylic acid groups (broad SMARTS) is 1. The number of carboxylic acids is 1. The first-order valence-electron chi connectivity index (χ1n) is 7.76. The molecule has 0 saturated heterocycles. The zero-order chi connectivity index (χ0) is 14.7. The van der Waals surface area contributed by atoms with E-state index in [9.17, 15) is 4.79 Å². The fourth-order valence-electron chi connectivity index (χ4n) is 2.27. The quantitative estimate of drug-likeness (QED) is 0.573. The molecule has 2 unspecified atom stereocenters. The lowest BCUT2D eigenvalue weighted by Crippen LogP contribution is -2.42. The number of nitrogens with zero attached hydrogens (tertiary/aromatic N) is 1. The van der Waals surface area contributed by atoms with Crippen LogP contribution in [0.1, 0.15) is 59.8 Å². The summed E-state index contributed by atoms with van der Waals surface area (Å²) >= 11 is 0. The standard InChI is InChI=1S/C15H32N2O2/c1-5-8-11-14(15(18)19)16-13(4)10-9-12-17(6-2)7-3/h13-14,16H,5-12H2,1-4H3,(H,18,19). The molecule has 0 fully saturated rings. The number of carbonyl (C=O) groups is 1. The summed E-state index contributed by atoms with van der Waals surface area (Å²) in [7, 11) is 0. The van der Waals surface area contributed by atoms with E-state index in [-0.39, 0.29) is 12.1 Å². The van der Waals surface area contributed by atoms with E-state index in [4.69, 9.17) is 5.11 Å². The third-order valence-corrected chi connectivity index (χ3v) is 3.64. The largest absolute Gasteiger partial charge is 0.480 e. The molecule has 0 saturated carbocycles. The van der Waals surface area contributed by atoms with Gasteiger partial charge in [0.1, 0.15) is 6.04 Å². The number of unbranched alkanes of at least 4 members (excludes halogenated alkanes) is 1. The molecule has 0 aromatic carbocycles. The highest BCUT2D eigenvalue weighted by Gasteiger charge is 2.18. The van der Waals surface area contributed by atoms with Crippen LogP contribution >= 0.6 is 0 Å². The summed E-state index contributed by atoms with van der Waals surface area (Å²) in [5.41, 5.74) is 0. The summed E-state index contributed by atoms with van der Waals surface area (Å²) < 4.78 is 0. The van der Waals surface area contributed by atoms with E-state index in [0.717, 1.165) is 51.7 Å². The lowest BCUT2D eigenvalue weighted by Gasteiger charge is -2.22. The van der Waals surface area contributed by atoms with Crippen LogP contribution in [0.4, 0.5) is 0 Å². The number of aliphatic carboxylic acids is 1. The molecule has 114 valence electrons. The Morgan fingerprint density at radius 3 is 2.26 bits per heavy atom. The van der Waals surface area contributed by atoms with Gasteiger partial charge in [-0.05, 0) is 45.8 Å². The van der Waals surface area contributed by atoms with Gasteiger partial charge in [0.25, 0.3) is 0 Å². The molecule has 0 radical (unpaired) electrons. The van der Waals surface area contributed by atoms with Crippen molar-refractivity contribution in [2.75, 3.05) is 19.6 Å². The molecule has 0 aliphatic heterocycles. The Morgan fingerprint density at radius 2 is 1.79 bits per heavy atom. The van der Waals surface area contributed by atoms with Gasteiger partial charge in [-0.15, -0.1) is 0 Å². The van der Waals surface area contributed by atoms with Gasteiger partial charge in [-0.3, -0.25) is 4.79 Å². The molecule has 0 rings (SSSR count). The summed E-state index contributed by atoms with van der Waals surface area (Å²) in [5, 5.41) is 12.4. The van der Waals surface area contributed by atoms with Gasteiger partial charge in [-0.1, -0.05) is 33.6 Å². The maximum atomic E-state index is 11.1. The summed E-state index contributed by atoms with van der Waals surface area (Å²) in [6.45, 7) is 11.8. The zero-order valence-electron chi connectivity index (χ0n) is 13.1. The average Bonchev–Trinajstić information content (AvgIpc) is 2.39. The summed E-state index contributed by atoms with van der Waals surface area (Å²) in [4.78, 5) is 13.5. The summed E-state index contributed by atoms with van der Waals surface area (Å²) in [6, 6.07) is -0.114. The second-order valence-electron chi connectivity index (χ2n) is 5.27. The molecule has 2 N–H and O–H groups in total. The monoisotopic (exact) mass is 272 g/mol. The highest BCUT2D eigenvalue weighted by Crippen LogP contribution is 2.05. The Hall–Kier alpha value is -0.610. The van der Waals surface area contributed by atoms with Gasteiger partial charge in [0.15, 0.2) is 0 Å². The first-order valence-corrected chi connectivity index (χ1v) is 7.76. The Balaban J connectivity index is 3.92. The minimum absolute atomic E-state index is 0.272. The maximum Gasteiger partial charge on any atom is 0.320 e. The van der Waals surface area contributed by atoms with E-state index < -0.39 is 5.97 Å². The third-order valence-electron chi connectivity index (χ3n) is 3.64. The number of rotatable bonds is 12. The van der Waals surface area contributed by atoms with Crippen LogP contribution in [0.3, 0.4) is 0 Å². The van der Waals surface area contributed by atoms with Crippen LogP contribution in [0, 0.1) is 0 Å². The van der Waals surface area contributed by atoms with Crippen molar-refractivity contribution in [1.29, 1.82) is 0 Å². The first kappa shape index (κ1) is 18.4. The molecule has 0 amide bonds. The molecular weight excluding hydrogens is 240 g/mol. The third kappa shape index (κ3) is 9.00. The molecule has 0 aliphatic rings. The van der Waals surface area contributed by atoms with Gasteiger partial charge in [-0.2, -0.15) is 0 Å². The van der Waals surface area contributed by atoms with Crippen molar-refractivity contribution in [2.24, 2.45) is 0 Å².